The van der Waals surface area contributed by atoms with Gasteiger partial charge in [-0.3, -0.25) is 4.79 Å². The summed E-state index contributed by atoms with van der Waals surface area (Å²) in [7, 11) is 0. The molecule has 1 N–H and O–H groups in total. The molecular weight excluding hydrogens is 417 g/mol. The maximum Gasteiger partial charge on any atom is 0.250 e. The molecule has 1 aliphatic rings. The Hall–Kier alpha value is -2.07. The fourth-order valence-electron chi connectivity index (χ4n) is 4.30. The molecule has 158 valence electrons. The third-order valence-corrected chi connectivity index (χ3v) is 6.16. The van der Waals surface area contributed by atoms with Gasteiger partial charge >= 0.3 is 0 Å². The molecule has 0 bridgehead atoms. The van der Waals surface area contributed by atoms with Gasteiger partial charge in [-0.05, 0) is 55.2 Å². The molecule has 2 aromatic carbocycles. The monoisotopic (exact) mass is 443 g/mol. The molecule has 0 fully saturated rings. The van der Waals surface area contributed by atoms with Crippen LogP contribution in [0.4, 0.5) is 0 Å². The fourth-order valence-corrected chi connectivity index (χ4v) is 4.63. The molecule has 1 aliphatic heterocycles. The number of hydrogen-bond acceptors (Lipinski definition) is 2. The predicted molar refractivity (Wildman–Crippen MR) is 124 cm³/mol. The van der Waals surface area contributed by atoms with Crippen molar-refractivity contribution in [1.29, 1.82) is 0 Å². The van der Waals surface area contributed by atoms with Gasteiger partial charge < -0.3 is 10.0 Å². The lowest BCUT2D eigenvalue weighted by molar-refractivity contribution is -0.137. The largest absolute Gasteiger partial charge is 0.391 e. The van der Waals surface area contributed by atoms with Gasteiger partial charge in [-0.2, -0.15) is 0 Å². The number of aliphatic hydroxyl groups is 1. The molecule has 0 aliphatic carbocycles. The summed E-state index contributed by atoms with van der Waals surface area (Å²) in [6, 6.07) is 14.7. The van der Waals surface area contributed by atoms with E-state index < -0.39 is 6.10 Å². The van der Waals surface area contributed by atoms with Gasteiger partial charge in [-0.25, -0.2) is 0 Å². The molecule has 0 saturated carbocycles. The Bertz CT molecular complexity index is 936. The normalized spacial score (nSPS) is 21.2. The van der Waals surface area contributed by atoms with Gasteiger partial charge in [-0.15, -0.1) is 6.58 Å². The molecule has 0 spiro atoms. The van der Waals surface area contributed by atoms with E-state index in [0.717, 1.165) is 11.1 Å². The van der Waals surface area contributed by atoms with Crippen LogP contribution in [0.5, 0.6) is 0 Å². The summed E-state index contributed by atoms with van der Waals surface area (Å²) in [6.07, 6.45) is 4.20. The molecule has 1 heterocycles. The second-order valence-corrected chi connectivity index (χ2v) is 8.56. The zero-order valence-electron chi connectivity index (χ0n) is 17.3. The molecule has 3 rings (SSSR count). The van der Waals surface area contributed by atoms with E-state index in [1.807, 2.05) is 66.4 Å². The van der Waals surface area contributed by atoms with Gasteiger partial charge in [-0.1, -0.05) is 66.5 Å². The Kier molecular flexibility index (Phi) is 7.41. The Labute approximate surface area is 188 Å². The van der Waals surface area contributed by atoms with E-state index in [1.54, 1.807) is 13.0 Å². The van der Waals surface area contributed by atoms with Crippen molar-refractivity contribution in [3.8, 4) is 0 Å². The van der Waals surface area contributed by atoms with Crippen molar-refractivity contribution in [1.82, 2.24) is 4.90 Å². The molecule has 30 heavy (non-hydrogen) atoms. The summed E-state index contributed by atoms with van der Waals surface area (Å²) in [5, 5.41) is 11.8. The zero-order valence-corrected chi connectivity index (χ0v) is 18.8. The Morgan fingerprint density at radius 1 is 1.13 bits per heavy atom. The number of carbonyl (C=O) groups excluding carboxylic acids is 1. The first-order valence-electron chi connectivity index (χ1n) is 10.2. The minimum atomic E-state index is -0.670. The molecule has 0 saturated heterocycles. The number of aliphatic hydroxyl groups excluding tert-OH is 1. The van der Waals surface area contributed by atoms with Crippen LogP contribution in [0.1, 0.15) is 49.8 Å². The molecule has 1 amide bonds. The van der Waals surface area contributed by atoms with Gasteiger partial charge in [0.05, 0.1) is 18.2 Å². The highest BCUT2D eigenvalue weighted by Gasteiger charge is 2.42. The number of allylic oxidation sites excluding steroid dienone is 1. The van der Waals surface area contributed by atoms with Crippen LogP contribution in [0.25, 0.3) is 0 Å². The lowest BCUT2D eigenvalue weighted by atomic mass is 9.79. The highest BCUT2D eigenvalue weighted by molar-refractivity contribution is 6.30. The molecule has 4 atom stereocenters. The zero-order chi connectivity index (χ0) is 21.8. The minimum absolute atomic E-state index is 0.0686. The molecular formula is C25H27Cl2NO2. The third kappa shape index (κ3) is 4.64. The van der Waals surface area contributed by atoms with Crippen LogP contribution in [0.2, 0.25) is 10.0 Å². The SMILES string of the molecule is C=CCC1=C[C@H](c2cccc(Cl)c2)C(c2ccc(Cl)cc2)N([C@H](CC)C(C)O)C1=O. The second-order valence-electron chi connectivity index (χ2n) is 7.69. The molecule has 2 unspecified atom stereocenters. The summed E-state index contributed by atoms with van der Waals surface area (Å²) in [5.41, 5.74) is 2.66. The van der Waals surface area contributed by atoms with Crippen LogP contribution >= 0.6 is 23.2 Å². The maximum atomic E-state index is 13.6. The summed E-state index contributed by atoms with van der Waals surface area (Å²) in [5.74, 6) is -0.189. The first-order chi connectivity index (χ1) is 14.4. The van der Waals surface area contributed by atoms with E-state index in [1.165, 1.54) is 0 Å². The second kappa shape index (κ2) is 9.82. The summed E-state index contributed by atoms with van der Waals surface area (Å²) in [6.45, 7) is 7.54. The maximum absolute atomic E-state index is 13.6. The first kappa shape index (κ1) is 22.6. The van der Waals surface area contributed by atoms with Crippen LogP contribution in [0.15, 0.2) is 72.8 Å². The quantitative estimate of drug-likeness (QED) is 0.508. The highest BCUT2D eigenvalue weighted by atomic mass is 35.5. The smallest absolute Gasteiger partial charge is 0.250 e. The fraction of sp³-hybridized carbons (Fsp3) is 0.320. The van der Waals surface area contributed by atoms with Crippen molar-refractivity contribution in [3.63, 3.8) is 0 Å². The molecule has 5 heteroatoms. The molecule has 0 aromatic heterocycles. The van der Waals surface area contributed by atoms with Crippen LogP contribution in [-0.4, -0.2) is 28.1 Å². The van der Waals surface area contributed by atoms with Crippen LogP contribution in [0, 0.1) is 0 Å². The lowest BCUT2D eigenvalue weighted by Crippen LogP contribution is -2.51. The topological polar surface area (TPSA) is 40.5 Å². The Balaban J connectivity index is 2.24. The minimum Gasteiger partial charge on any atom is -0.391 e. The third-order valence-electron chi connectivity index (χ3n) is 5.67. The Morgan fingerprint density at radius 2 is 1.83 bits per heavy atom. The average molecular weight is 444 g/mol. The predicted octanol–water partition coefficient (Wildman–Crippen LogP) is 6.32. The number of benzene rings is 2. The van der Waals surface area contributed by atoms with Gasteiger partial charge in [0.25, 0.3) is 5.91 Å². The van der Waals surface area contributed by atoms with E-state index in [4.69, 9.17) is 23.2 Å². The van der Waals surface area contributed by atoms with Crippen LogP contribution in [0.3, 0.4) is 0 Å². The van der Waals surface area contributed by atoms with E-state index in [-0.39, 0.29) is 23.9 Å². The Morgan fingerprint density at radius 3 is 2.40 bits per heavy atom. The average Bonchev–Trinajstić information content (AvgIpc) is 2.71. The van der Waals surface area contributed by atoms with Gasteiger partial charge in [0, 0.05) is 21.5 Å². The summed E-state index contributed by atoms with van der Waals surface area (Å²) < 4.78 is 0. The number of rotatable bonds is 7. The lowest BCUT2D eigenvalue weighted by Gasteiger charge is -2.46. The highest BCUT2D eigenvalue weighted by Crippen LogP contribution is 2.44. The summed E-state index contributed by atoms with van der Waals surface area (Å²) in [4.78, 5) is 15.4. The van der Waals surface area contributed by atoms with E-state index >= 15 is 0 Å². The van der Waals surface area contributed by atoms with Crippen molar-refractivity contribution in [2.24, 2.45) is 0 Å². The van der Waals surface area contributed by atoms with E-state index in [0.29, 0.717) is 28.5 Å². The van der Waals surface area contributed by atoms with Crippen molar-refractivity contribution < 1.29 is 9.90 Å². The van der Waals surface area contributed by atoms with Crippen molar-refractivity contribution in [3.05, 3.63) is 94.0 Å². The van der Waals surface area contributed by atoms with Gasteiger partial charge in [0.15, 0.2) is 0 Å². The van der Waals surface area contributed by atoms with Gasteiger partial charge in [0.2, 0.25) is 0 Å². The van der Waals surface area contributed by atoms with Crippen molar-refractivity contribution in [2.75, 3.05) is 0 Å². The van der Waals surface area contributed by atoms with Gasteiger partial charge in [0.1, 0.15) is 0 Å². The van der Waals surface area contributed by atoms with Crippen LogP contribution in [-0.2, 0) is 4.79 Å². The first-order valence-corrected chi connectivity index (χ1v) is 11.0. The summed E-state index contributed by atoms with van der Waals surface area (Å²) >= 11 is 12.4. The number of carbonyl (C=O) groups is 1. The molecule has 0 radical (unpaired) electrons. The molecule has 3 nitrogen and oxygen atoms in total. The van der Waals surface area contributed by atoms with E-state index in [2.05, 4.69) is 6.58 Å². The number of nitrogens with zero attached hydrogens (tertiary/aromatic N) is 1. The van der Waals surface area contributed by atoms with Crippen molar-refractivity contribution in [2.45, 2.75) is 50.8 Å². The van der Waals surface area contributed by atoms with Crippen LogP contribution < -0.4 is 0 Å². The van der Waals surface area contributed by atoms with Crippen molar-refractivity contribution >= 4 is 29.1 Å². The number of halogens is 2. The van der Waals surface area contributed by atoms with E-state index in [9.17, 15) is 9.90 Å². The standard InChI is InChI=1S/C25H27Cl2NO2/c1-4-7-19-15-22(18-8-6-9-21(27)14-18)24(17-10-12-20(26)13-11-17)28(25(19)30)23(5-2)16(3)29/h4,6,8-16,22-24,29H,1,5,7H2,2-3H3/t16?,22-,23-,24?/m1/s1. The molecule has 2 aromatic rings. The number of hydrogen-bond donors (Lipinski definition) is 1. The number of amides is 1.